The smallest absolute Gasteiger partial charge is 0.266 e. The molecule has 2 heterocycles. The van der Waals surface area contributed by atoms with E-state index < -0.39 is 0 Å². The van der Waals surface area contributed by atoms with Crippen LogP contribution in [-0.4, -0.2) is 59.6 Å². The van der Waals surface area contributed by atoms with Crippen molar-refractivity contribution in [1.82, 2.24) is 15.5 Å². The van der Waals surface area contributed by atoms with E-state index in [0.29, 0.717) is 36.5 Å². The fourth-order valence-corrected chi connectivity index (χ4v) is 3.98. The van der Waals surface area contributed by atoms with E-state index in [9.17, 15) is 4.79 Å². The normalized spacial score (nSPS) is 15.5. The zero-order valence-electron chi connectivity index (χ0n) is 20.7. The van der Waals surface area contributed by atoms with Crippen LogP contribution in [0, 0.1) is 12.8 Å². The van der Waals surface area contributed by atoms with Crippen LogP contribution in [0.5, 0.6) is 5.75 Å². The Labute approximate surface area is 201 Å². The van der Waals surface area contributed by atoms with Gasteiger partial charge in [-0.25, -0.2) is 0 Å². The van der Waals surface area contributed by atoms with Crippen LogP contribution in [0.15, 0.2) is 22.7 Å². The lowest BCUT2D eigenvalue weighted by Crippen LogP contribution is -2.35. The first-order chi connectivity index (χ1) is 16.4. The second kappa shape index (κ2) is 12.7. The fourth-order valence-electron chi connectivity index (χ4n) is 3.98. The van der Waals surface area contributed by atoms with Crippen LogP contribution in [0.25, 0.3) is 0 Å². The number of piperidine rings is 1. The Morgan fingerprint density at radius 3 is 2.74 bits per heavy atom. The van der Waals surface area contributed by atoms with Crippen LogP contribution < -0.4 is 15.0 Å². The molecule has 3 rings (SSSR count). The maximum Gasteiger partial charge on any atom is 0.266 e. The predicted molar refractivity (Wildman–Crippen MR) is 129 cm³/mol. The zero-order valence-corrected chi connectivity index (χ0v) is 20.7. The third-order valence-corrected chi connectivity index (χ3v) is 6.01. The van der Waals surface area contributed by atoms with Crippen molar-refractivity contribution in [2.45, 2.75) is 72.1 Å². The van der Waals surface area contributed by atoms with Crippen molar-refractivity contribution in [3.63, 3.8) is 0 Å². The van der Waals surface area contributed by atoms with Crippen molar-refractivity contribution in [1.29, 1.82) is 0 Å². The van der Waals surface area contributed by atoms with Gasteiger partial charge in [-0.05, 0) is 88.2 Å². The van der Waals surface area contributed by atoms with Gasteiger partial charge >= 0.3 is 0 Å². The van der Waals surface area contributed by atoms with Gasteiger partial charge in [-0.1, -0.05) is 0 Å². The summed E-state index contributed by atoms with van der Waals surface area (Å²) in [5.74, 6) is 2.43. The molecule has 1 amide bonds. The molecule has 1 aromatic heterocycles. The van der Waals surface area contributed by atoms with E-state index in [1.54, 1.807) is 13.0 Å². The molecule has 1 atom stereocenters. The van der Waals surface area contributed by atoms with Gasteiger partial charge in [0, 0.05) is 24.7 Å². The van der Waals surface area contributed by atoms with E-state index in [-0.39, 0.29) is 24.7 Å². The molecule has 0 radical (unpaired) electrons. The molecule has 1 saturated heterocycles. The molecule has 2 aromatic rings. The lowest BCUT2D eigenvalue weighted by atomic mass is 9.92. The van der Waals surface area contributed by atoms with Gasteiger partial charge in [-0.3, -0.25) is 4.79 Å². The van der Waals surface area contributed by atoms with Gasteiger partial charge in [0.15, 0.2) is 0 Å². The molecule has 9 heteroatoms. The number of amides is 1. The minimum absolute atomic E-state index is 0.0864. The highest BCUT2D eigenvalue weighted by Gasteiger charge is 2.22. The Morgan fingerprint density at radius 1 is 1.29 bits per heavy atom. The van der Waals surface area contributed by atoms with Gasteiger partial charge < -0.3 is 29.3 Å². The molecule has 1 unspecified atom stereocenters. The predicted octanol–water partition coefficient (Wildman–Crippen LogP) is 3.49. The number of nitrogens with one attached hydrogen (secondary N) is 1. The van der Waals surface area contributed by atoms with E-state index >= 15 is 0 Å². The van der Waals surface area contributed by atoms with Gasteiger partial charge in [0.1, 0.15) is 12.4 Å². The molecule has 1 aliphatic rings. The number of aryl methyl sites for hydroxylation is 1. The third kappa shape index (κ3) is 7.70. The second-order valence-electron chi connectivity index (χ2n) is 9.30. The topological polar surface area (TPSA) is 110 Å². The van der Waals surface area contributed by atoms with Gasteiger partial charge in [0.25, 0.3) is 17.7 Å². The number of ether oxygens (including phenoxy) is 2. The van der Waals surface area contributed by atoms with E-state index in [1.165, 1.54) is 0 Å². The maximum absolute atomic E-state index is 12.3. The largest absolute Gasteiger partial charge is 0.494 e. The number of aliphatic hydroxyl groups is 1. The highest BCUT2D eigenvalue weighted by molar-refractivity contribution is 5.95. The molecule has 0 bridgehead atoms. The number of hydrogen-bond acceptors (Lipinski definition) is 8. The first-order valence-electron chi connectivity index (χ1n) is 12.2. The molecule has 2 N–H and O–H groups in total. The molecular weight excluding hydrogens is 436 g/mol. The Balaban J connectivity index is 1.35. The summed E-state index contributed by atoms with van der Waals surface area (Å²) in [7, 11) is 0. The van der Waals surface area contributed by atoms with Crippen LogP contribution in [0.3, 0.4) is 0 Å². The van der Waals surface area contributed by atoms with Crippen molar-refractivity contribution in [2.24, 2.45) is 5.92 Å². The molecule has 188 valence electrons. The summed E-state index contributed by atoms with van der Waals surface area (Å²) in [6.07, 6.45) is 4.43. The summed E-state index contributed by atoms with van der Waals surface area (Å²) in [6, 6.07) is 5.22. The summed E-state index contributed by atoms with van der Waals surface area (Å²) < 4.78 is 16.7. The van der Waals surface area contributed by atoms with Gasteiger partial charge in [-0.15, -0.1) is 0 Å². The third-order valence-electron chi connectivity index (χ3n) is 6.01. The first kappa shape index (κ1) is 26.0. The molecule has 9 nitrogen and oxygen atoms in total. The second-order valence-corrected chi connectivity index (χ2v) is 9.30. The van der Waals surface area contributed by atoms with E-state index in [0.717, 1.165) is 50.1 Å². The summed E-state index contributed by atoms with van der Waals surface area (Å²) in [5, 5.41) is 16.0. The molecule has 1 aromatic carbocycles. The summed E-state index contributed by atoms with van der Waals surface area (Å²) in [6.45, 7) is 10.4. The van der Waals surface area contributed by atoms with Crippen LogP contribution in [0.2, 0.25) is 0 Å². The number of carbonyl (C=O) groups is 1. The molecule has 34 heavy (non-hydrogen) atoms. The monoisotopic (exact) mass is 474 g/mol. The zero-order chi connectivity index (χ0) is 24.5. The van der Waals surface area contributed by atoms with Gasteiger partial charge in [-0.2, -0.15) is 4.98 Å². The highest BCUT2D eigenvalue weighted by Crippen LogP contribution is 2.25. The molecule has 1 aliphatic heterocycles. The number of aliphatic hydroxyl groups excluding tert-OH is 1. The standard InChI is InChI=1S/C25H38N4O5/c1-17(2)33-16-23-27-25(28-34-23)29-11-9-20(10-12-29)6-5-13-32-21-7-8-22(18(3)14-21)24(31)26-19(4)15-30/h7-8,14,17,19-20,30H,5-6,9-13,15-16H2,1-4H3,(H,26,31). The number of rotatable bonds is 12. The van der Waals surface area contributed by atoms with Crippen LogP contribution in [0.4, 0.5) is 5.95 Å². The fraction of sp³-hybridized carbons (Fsp3) is 0.640. The van der Waals surface area contributed by atoms with E-state index in [4.69, 9.17) is 19.1 Å². The highest BCUT2D eigenvalue weighted by atomic mass is 16.5. The van der Waals surface area contributed by atoms with E-state index in [2.05, 4.69) is 20.4 Å². The lowest BCUT2D eigenvalue weighted by molar-refractivity contribution is 0.0485. The number of aromatic nitrogens is 2. The quantitative estimate of drug-likeness (QED) is 0.450. The molecule has 0 spiro atoms. The number of hydrogen-bond donors (Lipinski definition) is 2. The van der Waals surface area contributed by atoms with Crippen molar-refractivity contribution in [3.8, 4) is 5.75 Å². The minimum Gasteiger partial charge on any atom is -0.494 e. The lowest BCUT2D eigenvalue weighted by Gasteiger charge is -2.30. The number of anilines is 1. The van der Waals surface area contributed by atoms with E-state index in [1.807, 2.05) is 32.9 Å². The molecular formula is C25H38N4O5. The molecule has 0 saturated carbocycles. The average Bonchev–Trinajstić information content (AvgIpc) is 3.30. The van der Waals surface area contributed by atoms with Crippen LogP contribution in [0.1, 0.15) is 68.3 Å². The minimum atomic E-state index is -0.274. The Bertz CT molecular complexity index is 908. The van der Waals surface area contributed by atoms with Crippen molar-refractivity contribution >= 4 is 11.9 Å². The Morgan fingerprint density at radius 2 is 2.06 bits per heavy atom. The van der Waals surface area contributed by atoms with Crippen LogP contribution in [-0.2, 0) is 11.3 Å². The summed E-state index contributed by atoms with van der Waals surface area (Å²) in [5.41, 5.74) is 1.45. The van der Waals surface area contributed by atoms with Crippen LogP contribution >= 0.6 is 0 Å². The molecule has 0 aliphatic carbocycles. The maximum atomic E-state index is 12.3. The summed E-state index contributed by atoms with van der Waals surface area (Å²) in [4.78, 5) is 18.9. The van der Waals surface area contributed by atoms with Crippen molar-refractivity contribution < 1.29 is 23.9 Å². The average molecular weight is 475 g/mol. The van der Waals surface area contributed by atoms with Gasteiger partial charge in [0.2, 0.25) is 0 Å². The molecule has 1 fully saturated rings. The van der Waals surface area contributed by atoms with Gasteiger partial charge in [0.05, 0.1) is 19.3 Å². The number of carbonyl (C=O) groups excluding carboxylic acids is 1. The number of nitrogens with zero attached hydrogens (tertiary/aromatic N) is 3. The summed E-state index contributed by atoms with van der Waals surface area (Å²) >= 11 is 0. The Hall–Kier alpha value is -2.65. The first-order valence-corrected chi connectivity index (χ1v) is 12.2. The van der Waals surface area contributed by atoms with Crippen molar-refractivity contribution in [2.75, 3.05) is 31.2 Å². The number of benzene rings is 1. The van der Waals surface area contributed by atoms with Crippen molar-refractivity contribution in [3.05, 3.63) is 35.2 Å². The Kier molecular flexibility index (Phi) is 9.71. The SMILES string of the molecule is Cc1cc(OCCCC2CCN(c3noc(COC(C)C)n3)CC2)ccc1C(=O)NC(C)CO.